The topological polar surface area (TPSA) is 35.6 Å². The maximum absolute atomic E-state index is 12.9. The van der Waals surface area contributed by atoms with E-state index in [0.29, 0.717) is 10.6 Å². The fraction of sp³-hybridized carbons (Fsp3) is 0.350. The van der Waals surface area contributed by atoms with Gasteiger partial charge in [-0.05, 0) is 53.4 Å². The van der Waals surface area contributed by atoms with E-state index in [4.69, 9.17) is 11.6 Å². The van der Waals surface area contributed by atoms with Crippen LogP contribution in [0.1, 0.15) is 22.0 Å². The van der Waals surface area contributed by atoms with Gasteiger partial charge in [-0.1, -0.05) is 41.9 Å². The first kappa shape index (κ1) is 19.6. The predicted octanol–water partition coefficient (Wildman–Crippen LogP) is 3.66. The summed E-state index contributed by atoms with van der Waals surface area (Å²) in [5.74, 6) is -0.0834. The van der Waals surface area contributed by atoms with E-state index in [0.717, 1.165) is 41.9 Å². The third-order valence-corrected chi connectivity index (χ3v) is 5.89. The van der Waals surface area contributed by atoms with Crippen molar-refractivity contribution in [1.29, 1.82) is 0 Å². The molecule has 4 nitrogen and oxygen atoms in total. The van der Waals surface area contributed by atoms with Gasteiger partial charge in [0.15, 0.2) is 0 Å². The molecule has 1 atom stereocenters. The normalized spacial score (nSPS) is 17.0. The molecule has 26 heavy (non-hydrogen) atoms. The van der Waals surface area contributed by atoms with Crippen molar-refractivity contribution >= 4 is 40.1 Å². The summed E-state index contributed by atoms with van der Waals surface area (Å²) in [5, 5.41) is 3.79. The number of rotatable bonds is 5. The number of benzene rings is 2. The number of hydrogen-bond acceptors (Lipinski definition) is 3. The molecule has 2 aromatic rings. The van der Waals surface area contributed by atoms with Crippen LogP contribution in [0.5, 0.6) is 0 Å². The van der Waals surface area contributed by atoms with E-state index in [1.54, 1.807) is 12.1 Å². The molecule has 0 aliphatic carbocycles. The first-order chi connectivity index (χ1) is 12.5. The van der Waals surface area contributed by atoms with Gasteiger partial charge in [-0.25, -0.2) is 0 Å². The highest BCUT2D eigenvalue weighted by molar-refractivity contribution is 14.1. The van der Waals surface area contributed by atoms with Gasteiger partial charge in [-0.15, -0.1) is 0 Å². The van der Waals surface area contributed by atoms with Gasteiger partial charge in [0.05, 0.1) is 11.6 Å². The lowest BCUT2D eigenvalue weighted by Gasteiger charge is -2.35. The molecule has 1 aliphatic heterocycles. The first-order valence-corrected chi connectivity index (χ1v) is 10.2. The van der Waals surface area contributed by atoms with Crippen molar-refractivity contribution in [1.82, 2.24) is 15.1 Å². The molecule has 1 aliphatic rings. The minimum atomic E-state index is -0.0834. The summed E-state index contributed by atoms with van der Waals surface area (Å²) in [7, 11) is 2.15. The summed E-state index contributed by atoms with van der Waals surface area (Å²) in [6.07, 6.45) is 0. The Morgan fingerprint density at radius 3 is 2.54 bits per heavy atom. The average molecular weight is 484 g/mol. The summed E-state index contributed by atoms with van der Waals surface area (Å²) >= 11 is 8.26. The zero-order chi connectivity index (χ0) is 18.5. The lowest BCUT2D eigenvalue weighted by molar-refractivity contribution is 0.0906. The van der Waals surface area contributed by atoms with Gasteiger partial charge < -0.3 is 10.2 Å². The number of halogens is 2. The number of nitrogens with one attached hydrogen (secondary N) is 1. The monoisotopic (exact) mass is 483 g/mol. The highest BCUT2D eigenvalue weighted by Crippen LogP contribution is 2.21. The Labute approximate surface area is 173 Å². The Balaban J connectivity index is 1.77. The number of nitrogens with zero attached hydrogens (tertiary/aromatic N) is 2. The van der Waals surface area contributed by atoms with Crippen molar-refractivity contribution in [2.45, 2.75) is 6.04 Å². The lowest BCUT2D eigenvalue weighted by Crippen LogP contribution is -2.47. The fourth-order valence-corrected chi connectivity index (χ4v) is 3.87. The van der Waals surface area contributed by atoms with E-state index in [9.17, 15) is 4.79 Å². The van der Waals surface area contributed by atoms with Crippen LogP contribution < -0.4 is 5.32 Å². The van der Waals surface area contributed by atoms with E-state index in [2.05, 4.69) is 56.9 Å². The number of likely N-dealkylation sites (N-methyl/N-ethyl adjacent to an activating group) is 1. The Hall–Kier alpha value is -1.15. The molecule has 1 fully saturated rings. The molecule has 3 rings (SSSR count). The van der Waals surface area contributed by atoms with Crippen molar-refractivity contribution in [3.05, 3.63) is 68.3 Å². The zero-order valence-electron chi connectivity index (χ0n) is 14.8. The van der Waals surface area contributed by atoms with Crippen molar-refractivity contribution in [3.8, 4) is 0 Å². The molecule has 6 heteroatoms. The van der Waals surface area contributed by atoms with E-state index >= 15 is 0 Å². The Morgan fingerprint density at radius 1 is 1.15 bits per heavy atom. The zero-order valence-corrected chi connectivity index (χ0v) is 17.7. The van der Waals surface area contributed by atoms with Gasteiger partial charge in [0.1, 0.15) is 0 Å². The first-order valence-electron chi connectivity index (χ1n) is 8.74. The molecule has 1 N–H and O–H groups in total. The molecular weight excluding hydrogens is 461 g/mol. The standard InChI is InChI=1S/C20H23ClIN3O/c1-24-9-11-25(12-10-24)14-19(15-5-3-2-4-6-15)23-20(26)17-13-16(21)7-8-18(17)22/h2-8,13,19H,9-12,14H2,1H3,(H,23,26). The molecule has 138 valence electrons. The van der Waals surface area contributed by atoms with E-state index < -0.39 is 0 Å². The summed E-state index contributed by atoms with van der Waals surface area (Å²) in [6, 6.07) is 15.5. The van der Waals surface area contributed by atoms with Gasteiger partial charge >= 0.3 is 0 Å². The third-order valence-electron chi connectivity index (χ3n) is 4.72. The smallest absolute Gasteiger partial charge is 0.252 e. The molecule has 0 aromatic heterocycles. The number of piperazine rings is 1. The second-order valence-electron chi connectivity index (χ2n) is 6.66. The van der Waals surface area contributed by atoms with Crippen LogP contribution in [0.2, 0.25) is 5.02 Å². The largest absolute Gasteiger partial charge is 0.344 e. The van der Waals surface area contributed by atoms with Crippen molar-refractivity contribution in [2.24, 2.45) is 0 Å². The van der Waals surface area contributed by atoms with Crippen LogP contribution in [0.25, 0.3) is 0 Å². The van der Waals surface area contributed by atoms with Crippen molar-refractivity contribution in [2.75, 3.05) is 39.8 Å². The average Bonchev–Trinajstić information content (AvgIpc) is 2.65. The molecule has 0 bridgehead atoms. The van der Waals surface area contributed by atoms with Crippen molar-refractivity contribution in [3.63, 3.8) is 0 Å². The fourth-order valence-electron chi connectivity index (χ4n) is 3.12. The number of carbonyl (C=O) groups is 1. The molecule has 1 amide bonds. The number of hydrogen-bond donors (Lipinski definition) is 1. The van der Waals surface area contributed by atoms with Crippen LogP contribution in [0.15, 0.2) is 48.5 Å². The van der Waals surface area contributed by atoms with Crippen LogP contribution in [-0.4, -0.2) is 55.5 Å². The van der Waals surface area contributed by atoms with E-state index in [1.807, 2.05) is 24.3 Å². The molecule has 1 saturated heterocycles. The Bertz CT molecular complexity index is 748. The van der Waals surface area contributed by atoms with Gasteiger partial charge in [0.25, 0.3) is 5.91 Å². The Morgan fingerprint density at radius 2 is 1.85 bits per heavy atom. The van der Waals surface area contributed by atoms with Crippen molar-refractivity contribution < 1.29 is 4.79 Å². The third kappa shape index (κ3) is 5.19. The van der Waals surface area contributed by atoms with Gasteiger partial charge in [0, 0.05) is 41.3 Å². The van der Waals surface area contributed by atoms with E-state index in [1.165, 1.54) is 0 Å². The van der Waals surface area contributed by atoms with Crippen LogP contribution in [0, 0.1) is 3.57 Å². The molecular formula is C20H23ClIN3O. The highest BCUT2D eigenvalue weighted by Gasteiger charge is 2.22. The summed E-state index contributed by atoms with van der Waals surface area (Å²) in [4.78, 5) is 17.6. The Kier molecular flexibility index (Phi) is 6.92. The summed E-state index contributed by atoms with van der Waals surface area (Å²) in [5.41, 5.74) is 1.74. The molecule has 2 aromatic carbocycles. The molecule has 1 unspecified atom stereocenters. The SMILES string of the molecule is CN1CCN(CC(NC(=O)c2cc(Cl)ccc2I)c2ccccc2)CC1. The number of carbonyl (C=O) groups excluding carboxylic acids is 1. The molecule has 0 radical (unpaired) electrons. The van der Waals surface area contributed by atoms with Gasteiger partial charge in [-0.2, -0.15) is 0 Å². The highest BCUT2D eigenvalue weighted by atomic mass is 127. The predicted molar refractivity (Wildman–Crippen MR) is 115 cm³/mol. The number of amides is 1. The van der Waals surface area contributed by atoms with Gasteiger partial charge in [-0.3, -0.25) is 9.69 Å². The lowest BCUT2D eigenvalue weighted by atomic mass is 10.0. The quantitative estimate of drug-likeness (QED) is 0.659. The van der Waals surface area contributed by atoms with Crippen LogP contribution >= 0.6 is 34.2 Å². The van der Waals surface area contributed by atoms with Crippen LogP contribution in [0.4, 0.5) is 0 Å². The van der Waals surface area contributed by atoms with Crippen LogP contribution in [-0.2, 0) is 0 Å². The molecule has 0 saturated carbocycles. The van der Waals surface area contributed by atoms with Gasteiger partial charge in [0.2, 0.25) is 0 Å². The second-order valence-corrected chi connectivity index (χ2v) is 8.26. The molecule has 0 spiro atoms. The summed E-state index contributed by atoms with van der Waals surface area (Å²) in [6.45, 7) is 4.96. The minimum Gasteiger partial charge on any atom is -0.344 e. The summed E-state index contributed by atoms with van der Waals surface area (Å²) < 4.78 is 0.899. The van der Waals surface area contributed by atoms with Crippen LogP contribution in [0.3, 0.4) is 0 Å². The maximum Gasteiger partial charge on any atom is 0.252 e. The second kappa shape index (κ2) is 9.17. The van der Waals surface area contributed by atoms with E-state index in [-0.39, 0.29) is 11.9 Å². The molecule has 1 heterocycles. The minimum absolute atomic E-state index is 0.0538. The maximum atomic E-state index is 12.9.